The predicted octanol–water partition coefficient (Wildman–Crippen LogP) is 4.25. The third kappa shape index (κ3) is 2.55. The molecule has 1 aromatic heterocycles. The summed E-state index contributed by atoms with van der Waals surface area (Å²) in [4.78, 5) is 1.02. The first-order chi connectivity index (χ1) is 9.67. The molecule has 0 saturated heterocycles. The van der Waals surface area contributed by atoms with Gasteiger partial charge in [0, 0.05) is 14.6 Å². The molecule has 0 bridgehead atoms. The molecule has 20 heavy (non-hydrogen) atoms. The van der Waals surface area contributed by atoms with Crippen molar-refractivity contribution in [2.24, 2.45) is 5.84 Å². The first kappa shape index (κ1) is 13.5. The van der Waals surface area contributed by atoms with E-state index in [1.165, 1.54) is 23.5 Å². The Morgan fingerprint density at radius 1 is 1.15 bits per heavy atom. The summed E-state index contributed by atoms with van der Waals surface area (Å²) in [6, 6.07) is 14.2. The molecule has 3 rings (SSSR count). The number of thiophene rings is 1. The lowest BCUT2D eigenvalue weighted by atomic mass is 10.1. The van der Waals surface area contributed by atoms with Crippen LogP contribution in [-0.4, -0.2) is 0 Å². The smallest absolute Gasteiger partial charge is 0.124 e. The second-order valence-electron chi connectivity index (χ2n) is 4.49. The van der Waals surface area contributed by atoms with E-state index in [0.29, 0.717) is 5.02 Å². The summed E-state index contributed by atoms with van der Waals surface area (Å²) < 4.78 is 14.2. The van der Waals surface area contributed by atoms with Crippen LogP contribution in [0, 0.1) is 5.82 Å². The molecule has 0 saturated carbocycles. The summed E-state index contributed by atoms with van der Waals surface area (Å²) in [5.41, 5.74) is 3.77. The van der Waals surface area contributed by atoms with Crippen LogP contribution in [0.5, 0.6) is 0 Å². The molecule has 102 valence electrons. The Balaban J connectivity index is 2.07. The van der Waals surface area contributed by atoms with E-state index in [4.69, 9.17) is 17.4 Å². The summed E-state index contributed by atoms with van der Waals surface area (Å²) in [6.45, 7) is 0. The topological polar surface area (TPSA) is 38.0 Å². The van der Waals surface area contributed by atoms with Crippen molar-refractivity contribution in [3.05, 3.63) is 69.8 Å². The summed E-state index contributed by atoms with van der Waals surface area (Å²) in [5.74, 6) is 5.45. The molecule has 0 aliphatic heterocycles. The van der Waals surface area contributed by atoms with Crippen molar-refractivity contribution in [1.82, 2.24) is 5.43 Å². The van der Waals surface area contributed by atoms with Crippen molar-refractivity contribution in [2.45, 2.75) is 6.04 Å². The number of nitrogens with one attached hydrogen (secondary N) is 1. The summed E-state index contributed by atoms with van der Waals surface area (Å²) >= 11 is 7.54. The highest BCUT2D eigenvalue weighted by atomic mass is 35.5. The molecule has 3 aromatic rings. The second-order valence-corrected chi connectivity index (χ2v) is 6.04. The Bertz CT molecular complexity index is 756. The first-order valence-electron chi connectivity index (χ1n) is 6.08. The zero-order valence-electron chi connectivity index (χ0n) is 10.4. The van der Waals surface area contributed by atoms with Gasteiger partial charge in [-0.15, -0.1) is 11.3 Å². The Kier molecular flexibility index (Phi) is 3.72. The molecule has 2 aromatic carbocycles. The van der Waals surface area contributed by atoms with E-state index in [9.17, 15) is 4.39 Å². The SMILES string of the molecule is NNC(c1cccc(Cl)c1)c1cc2ccc(F)cc2s1. The number of nitrogens with two attached hydrogens (primary N) is 1. The number of hydrogen-bond donors (Lipinski definition) is 2. The van der Waals surface area contributed by atoms with Crippen LogP contribution in [-0.2, 0) is 0 Å². The number of hydrogen-bond acceptors (Lipinski definition) is 3. The number of hydrazine groups is 1. The van der Waals surface area contributed by atoms with E-state index in [0.717, 1.165) is 20.5 Å². The van der Waals surface area contributed by atoms with Crippen LogP contribution >= 0.6 is 22.9 Å². The maximum atomic E-state index is 13.3. The molecule has 1 heterocycles. The van der Waals surface area contributed by atoms with Gasteiger partial charge in [0.15, 0.2) is 0 Å². The first-order valence-corrected chi connectivity index (χ1v) is 7.27. The van der Waals surface area contributed by atoms with Crippen molar-refractivity contribution < 1.29 is 4.39 Å². The molecule has 1 unspecified atom stereocenters. The summed E-state index contributed by atoms with van der Waals surface area (Å²) in [5, 5.41) is 1.67. The third-order valence-corrected chi connectivity index (χ3v) is 4.53. The van der Waals surface area contributed by atoms with Crippen LogP contribution in [0.4, 0.5) is 4.39 Å². The normalized spacial score (nSPS) is 12.8. The number of fused-ring (bicyclic) bond motifs is 1. The van der Waals surface area contributed by atoms with Crippen molar-refractivity contribution in [3.63, 3.8) is 0 Å². The van der Waals surface area contributed by atoms with Crippen molar-refractivity contribution >= 4 is 33.0 Å². The minimum Gasteiger partial charge on any atom is -0.271 e. The van der Waals surface area contributed by atoms with Gasteiger partial charge < -0.3 is 0 Å². The van der Waals surface area contributed by atoms with Gasteiger partial charge in [-0.3, -0.25) is 5.84 Å². The summed E-state index contributed by atoms with van der Waals surface area (Å²) in [7, 11) is 0. The molecule has 0 aliphatic carbocycles. The molecule has 0 aliphatic rings. The maximum Gasteiger partial charge on any atom is 0.124 e. The highest BCUT2D eigenvalue weighted by Gasteiger charge is 2.16. The monoisotopic (exact) mass is 306 g/mol. The van der Waals surface area contributed by atoms with Crippen LogP contribution in [0.15, 0.2) is 48.5 Å². The van der Waals surface area contributed by atoms with Crippen LogP contribution in [0.3, 0.4) is 0 Å². The van der Waals surface area contributed by atoms with E-state index < -0.39 is 0 Å². The van der Waals surface area contributed by atoms with Crippen LogP contribution in [0.25, 0.3) is 10.1 Å². The minimum absolute atomic E-state index is 0.158. The quantitative estimate of drug-likeness (QED) is 0.561. The Labute approximate surface area is 125 Å². The lowest BCUT2D eigenvalue weighted by molar-refractivity contribution is 0.630. The van der Waals surface area contributed by atoms with Crippen molar-refractivity contribution in [3.8, 4) is 0 Å². The number of benzene rings is 2. The van der Waals surface area contributed by atoms with E-state index in [-0.39, 0.29) is 11.9 Å². The second kappa shape index (κ2) is 5.50. The van der Waals surface area contributed by atoms with Crippen LogP contribution in [0.2, 0.25) is 5.02 Å². The average molecular weight is 307 g/mol. The minimum atomic E-state index is -0.231. The lowest BCUT2D eigenvalue weighted by Gasteiger charge is -2.14. The van der Waals surface area contributed by atoms with Gasteiger partial charge in [-0.2, -0.15) is 0 Å². The molecule has 1 atom stereocenters. The van der Waals surface area contributed by atoms with Crippen LogP contribution in [0.1, 0.15) is 16.5 Å². The highest BCUT2D eigenvalue weighted by Crippen LogP contribution is 2.33. The zero-order valence-corrected chi connectivity index (χ0v) is 12.0. The average Bonchev–Trinajstić information content (AvgIpc) is 2.82. The number of rotatable bonds is 3. The zero-order chi connectivity index (χ0) is 14.1. The van der Waals surface area contributed by atoms with Crippen molar-refractivity contribution in [2.75, 3.05) is 0 Å². The van der Waals surface area contributed by atoms with Gasteiger partial charge in [-0.1, -0.05) is 29.8 Å². The highest BCUT2D eigenvalue weighted by molar-refractivity contribution is 7.19. The molecule has 2 nitrogen and oxygen atoms in total. The third-order valence-electron chi connectivity index (χ3n) is 3.13. The predicted molar refractivity (Wildman–Crippen MR) is 82.4 cm³/mol. The van der Waals surface area contributed by atoms with E-state index in [1.807, 2.05) is 30.3 Å². The van der Waals surface area contributed by atoms with Gasteiger partial charge in [0.25, 0.3) is 0 Å². The lowest BCUT2D eigenvalue weighted by Crippen LogP contribution is -2.28. The molecule has 0 radical (unpaired) electrons. The van der Waals surface area contributed by atoms with Gasteiger partial charge in [-0.05, 0) is 41.3 Å². The molecular formula is C15H12ClFN2S. The Hall–Kier alpha value is -1.46. The fraction of sp³-hybridized carbons (Fsp3) is 0.0667. The van der Waals surface area contributed by atoms with Gasteiger partial charge >= 0.3 is 0 Å². The van der Waals surface area contributed by atoms with Crippen LogP contribution < -0.4 is 11.3 Å². The summed E-state index contributed by atoms with van der Waals surface area (Å²) in [6.07, 6.45) is 0. The Morgan fingerprint density at radius 2 is 2.00 bits per heavy atom. The molecule has 0 spiro atoms. The fourth-order valence-corrected chi connectivity index (χ4v) is 3.57. The molecule has 3 N–H and O–H groups in total. The fourth-order valence-electron chi connectivity index (χ4n) is 2.20. The van der Waals surface area contributed by atoms with Gasteiger partial charge in [0.05, 0.1) is 6.04 Å². The van der Waals surface area contributed by atoms with Gasteiger partial charge in [0.1, 0.15) is 5.82 Å². The Morgan fingerprint density at radius 3 is 2.75 bits per heavy atom. The van der Waals surface area contributed by atoms with Gasteiger partial charge in [0.2, 0.25) is 0 Å². The molecule has 0 fully saturated rings. The van der Waals surface area contributed by atoms with E-state index >= 15 is 0 Å². The number of halogens is 2. The van der Waals surface area contributed by atoms with E-state index in [2.05, 4.69) is 5.43 Å². The molecule has 5 heteroatoms. The largest absolute Gasteiger partial charge is 0.271 e. The molecular weight excluding hydrogens is 295 g/mol. The standard InChI is InChI=1S/C15H12ClFN2S/c16-11-3-1-2-10(6-11)15(19-18)14-7-9-4-5-12(17)8-13(9)20-14/h1-8,15,19H,18H2. The van der Waals surface area contributed by atoms with E-state index in [1.54, 1.807) is 6.07 Å². The maximum absolute atomic E-state index is 13.3. The van der Waals surface area contributed by atoms with Crippen molar-refractivity contribution in [1.29, 1.82) is 0 Å². The molecule has 0 amide bonds. The van der Waals surface area contributed by atoms with Gasteiger partial charge in [-0.25, -0.2) is 9.82 Å².